The Labute approximate surface area is 346 Å². The highest BCUT2D eigenvalue weighted by Crippen LogP contribution is 2.48. The minimum atomic E-state index is -5.00. The lowest BCUT2D eigenvalue weighted by Gasteiger charge is -2.13. The highest BCUT2D eigenvalue weighted by Gasteiger charge is 2.24. The standard InChI is InChI=1S/C28H29N5O20S6/c1-29-20-6-5-18-19(26(20)32-31-22-14-17(4-8-25(22)59(42,43)44)58(40,41)12-10-47-56-53-50-37)15-24(54-51-48-35)27(28(18)34)33-30-21-13-16(3-7-23(21)45-2)57(38,39)11-9-46-55-52-49-36/h3-8,13-15,29,34-37H,9-12H2,1-2H3,(H,42,43,44)/b32-31+,33-30+. The van der Waals surface area contributed by atoms with Gasteiger partial charge in [-0.25, -0.2) is 32.6 Å². The fraction of sp³-hybridized carbons (Fsp3) is 0.214. The van der Waals surface area contributed by atoms with Crippen LogP contribution >= 0.6 is 36.7 Å². The van der Waals surface area contributed by atoms with Gasteiger partial charge in [-0.05, 0) is 54.6 Å². The number of fused-ring (bicyclic) bond motifs is 1. The molecule has 4 aromatic rings. The van der Waals surface area contributed by atoms with Crippen molar-refractivity contribution < 1.29 is 91.9 Å². The van der Waals surface area contributed by atoms with E-state index in [9.17, 15) is 34.9 Å². The first-order chi connectivity index (χ1) is 28.1. The molecule has 0 fully saturated rings. The van der Waals surface area contributed by atoms with Gasteiger partial charge in [-0.1, -0.05) is 15.1 Å². The summed E-state index contributed by atoms with van der Waals surface area (Å²) in [6, 6.07) is 10.4. The number of nitrogens with one attached hydrogen (secondary N) is 1. The van der Waals surface area contributed by atoms with Crippen LogP contribution in [0.2, 0.25) is 0 Å². The van der Waals surface area contributed by atoms with Gasteiger partial charge in [0.2, 0.25) is 0 Å². The van der Waals surface area contributed by atoms with E-state index in [0.717, 1.165) is 24.3 Å². The molecule has 4 aromatic carbocycles. The lowest BCUT2D eigenvalue weighted by Crippen LogP contribution is -2.11. The third-order valence-corrected chi connectivity index (χ3v) is 12.9. The molecule has 59 heavy (non-hydrogen) atoms. The first kappa shape index (κ1) is 47.8. The molecule has 25 nitrogen and oxygen atoms in total. The number of nitrogens with zero attached hydrogens (tertiary/aromatic N) is 4. The smallest absolute Gasteiger partial charge is 0.296 e. The maximum Gasteiger partial charge on any atom is 0.296 e. The van der Waals surface area contributed by atoms with E-state index in [1.807, 2.05) is 0 Å². The molecule has 31 heteroatoms. The maximum atomic E-state index is 13.0. The first-order valence-electron chi connectivity index (χ1n) is 15.4. The molecule has 0 aliphatic carbocycles. The van der Waals surface area contributed by atoms with E-state index in [4.69, 9.17) is 28.9 Å². The molecule has 0 spiro atoms. The van der Waals surface area contributed by atoms with Gasteiger partial charge in [-0.15, -0.1) is 33.5 Å². The summed E-state index contributed by atoms with van der Waals surface area (Å²) in [7, 11) is -10.4. The zero-order chi connectivity index (χ0) is 43.2. The van der Waals surface area contributed by atoms with Gasteiger partial charge >= 0.3 is 0 Å². The van der Waals surface area contributed by atoms with Crippen LogP contribution < -0.4 is 10.1 Å². The number of anilines is 1. The third-order valence-electron chi connectivity index (χ3n) is 7.30. The predicted molar refractivity (Wildman–Crippen MR) is 204 cm³/mol. The van der Waals surface area contributed by atoms with Crippen LogP contribution in [-0.2, 0) is 66.3 Å². The molecule has 0 saturated heterocycles. The quantitative estimate of drug-likeness (QED) is 0.0107. The number of benzene rings is 4. The van der Waals surface area contributed by atoms with Crippen molar-refractivity contribution in [1.29, 1.82) is 0 Å². The molecule has 0 unspecified atom stereocenters. The molecule has 0 heterocycles. The van der Waals surface area contributed by atoms with Crippen molar-refractivity contribution in [3.8, 4) is 11.5 Å². The molecular weight excluding hydrogens is 919 g/mol. The van der Waals surface area contributed by atoms with Crippen LogP contribution in [-0.4, -0.2) is 89.6 Å². The summed E-state index contributed by atoms with van der Waals surface area (Å²) in [5, 5.41) is 66.4. The third kappa shape index (κ3) is 12.8. The van der Waals surface area contributed by atoms with Crippen LogP contribution in [0, 0.1) is 0 Å². The Kier molecular flexibility index (Phi) is 17.9. The van der Waals surface area contributed by atoms with Gasteiger partial charge in [0.05, 0.1) is 64.2 Å². The molecule has 0 aromatic heterocycles. The minimum absolute atomic E-state index is 0.0256. The number of azo groups is 2. The molecule has 0 aliphatic heterocycles. The molecule has 0 bridgehead atoms. The number of ether oxygens (including phenoxy) is 1. The Bertz CT molecular complexity index is 2490. The number of methoxy groups -OCH3 is 1. The average molecular weight is 948 g/mol. The first-order valence-corrected chi connectivity index (χ1v) is 22.2. The molecule has 0 radical (unpaired) electrons. The fourth-order valence-corrected chi connectivity index (χ4v) is 8.66. The van der Waals surface area contributed by atoms with Gasteiger partial charge in [0.15, 0.2) is 50.1 Å². The number of hydrogen-bond acceptors (Lipinski definition) is 27. The molecule has 322 valence electrons. The lowest BCUT2D eigenvalue weighted by atomic mass is 10.1. The zero-order valence-corrected chi connectivity index (χ0v) is 34.5. The number of sulfone groups is 2. The number of aromatic hydroxyl groups is 1. The SMILES string of the molecule is CNc1ccc2c(O)c(/N=N/c3cc(S(=O)(=O)CCOSOOO)ccc3OC)c(SOOO)cc2c1/N=N/c1cc(S(=O)(=O)CCOSOOO)ccc1S(=O)(=O)O. The highest BCUT2D eigenvalue weighted by atomic mass is 32.2. The monoisotopic (exact) mass is 947 g/mol. The Balaban J connectivity index is 1.81. The Morgan fingerprint density at radius 2 is 1.24 bits per heavy atom. The van der Waals surface area contributed by atoms with Gasteiger partial charge in [-0.3, -0.25) is 12.9 Å². The summed E-state index contributed by atoms with van der Waals surface area (Å²) in [5.74, 6) is -1.71. The predicted octanol–water partition coefficient (Wildman–Crippen LogP) is 6.65. The minimum Gasteiger partial charge on any atom is -0.505 e. The summed E-state index contributed by atoms with van der Waals surface area (Å²) >= 11 is 0.656. The van der Waals surface area contributed by atoms with Crippen molar-refractivity contribution in [2.45, 2.75) is 19.6 Å². The number of hydrogen-bond donors (Lipinski definition) is 6. The molecule has 0 saturated carbocycles. The number of phenolic OH excluding ortho intramolecular Hbond substituents is 1. The van der Waals surface area contributed by atoms with Crippen molar-refractivity contribution in [1.82, 2.24) is 0 Å². The largest absolute Gasteiger partial charge is 0.505 e. The van der Waals surface area contributed by atoms with Crippen molar-refractivity contribution >= 4 is 106 Å². The van der Waals surface area contributed by atoms with Gasteiger partial charge in [0.1, 0.15) is 33.4 Å². The van der Waals surface area contributed by atoms with Gasteiger partial charge in [0.25, 0.3) is 10.1 Å². The van der Waals surface area contributed by atoms with Crippen molar-refractivity contribution in [3.05, 3.63) is 54.6 Å². The van der Waals surface area contributed by atoms with E-state index < -0.39 is 69.1 Å². The summed E-state index contributed by atoms with van der Waals surface area (Å²) in [4.78, 5) is -1.59. The Morgan fingerprint density at radius 3 is 1.80 bits per heavy atom. The fourth-order valence-electron chi connectivity index (χ4n) is 4.72. The second-order valence-corrected chi connectivity index (χ2v) is 18.0. The van der Waals surface area contributed by atoms with Crippen LogP contribution in [0.5, 0.6) is 11.5 Å². The van der Waals surface area contributed by atoms with E-state index in [-0.39, 0.29) is 80.3 Å². The van der Waals surface area contributed by atoms with E-state index in [2.05, 4.69) is 53.9 Å². The molecule has 4 rings (SSSR count). The molecule has 6 N–H and O–H groups in total. The number of phenols is 1. The summed E-state index contributed by atoms with van der Waals surface area (Å²) < 4.78 is 114. The van der Waals surface area contributed by atoms with Crippen LogP contribution in [0.3, 0.4) is 0 Å². The van der Waals surface area contributed by atoms with Gasteiger partial charge < -0.3 is 15.2 Å². The van der Waals surface area contributed by atoms with E-state index in [0.29, 0.717) is 12.0 Å². The topological polar surface area (TPSA) is 348 Å². The maximum absolute atomic E-state index is 13.0. The normalized spacial score (nSPS) is 12.6. The van der Waals surface area contributed by atoms with Crippen molar-refractivity contribution in [2.75, 3.05) is 44.2 Å². The number of rotatable bonds is 24. The average Bonchev–Trinajstić information content (AvgIpc) is 3.20. The second kappa shape index (κ2) is 22.1. The molecule has 0 amide bonds. The van der Waals surface area contributed by atoms with Crippen LogP contribution in [0.4, 0.5) is 28.4 Å². The zero-order valence-electron chi connectivity index (χ0n) is 29.6. The van der Waals surface area contributed by atoms with Crippen LogP contribution in [0.15, 0.2) is 94.6 Å². The van der Waals surface area contributed by atoms with E-state index in [1.165, 1.54) is 44.5 Å². The molecule has 0 aliphatic rings. The summed E-state index contributed by atoms with van der Waals surface area (Å²) in [5.41, 5.74) is -0.899. The Morgan fingerprint density at radius 1 is 0.678 bits per heavy atom. The summed E-state index contributed by atoms with van der Waals surface area (Å²) in [6.45, 7) is -0.844. The molecule has 0 atom stereocenters. The van der Waals surface area contributed by atoms with Crippen LogP contribution in [0.25, 0.3) is 10.8 Å². The van der Waals surface area contributed by atoms with Gasteiger partial charge in [-0.2, -0.15) is 8.42 Å². The van der Waals surface area contributed by atoms with E-state index >= 15 is 0 Å². The lowest BCUT2D eigenvalue weighted by molar-refractivity contribution is -0.434. The summed E-state index contributed by atoms with van der Waals surface area (Å²) in [6.07, 6.45) is 0. The molecular formula is C28H29N5O20S6. The highest BCUT2D eigenvalue weighted by molar-refractivity contribution is 7.94. The van der Waals surface area contributed by atoms with E-state index in [1.54, 1.807) is 0 Å². The van der Waals surface area contributed by atoms with Crippen LogP contribution in [0.1, 0.15) is 0 Å². The van der Waals surface area contributed by atoms with Crippen molar-refractivity contribution in [3.63, 3.8) is 0 Å². The Hall–Kier alpha value is -3.84. The second-order valence-electron chi connectivity index (χ2n) is 10.6. The van der Waals surface area contributed by atoms with Crippen molar-refractivity contribution in [2.24, 2.45) is 20.5 Å². The van der Waals surface area contributed by atoms with Gasteiger partial charge in [0, 0.05) is 17.8 Å².